The zero-order valence-corrected chi connectivity index (χ0v) is 19.3. The number of furan rings is 1. The topological polar surface area (TPSA) is 109 Å². The Kier molecular flexibility index (Phi) is 5.80. The fourth-order valence-corrected chi connectivity index (χ4v) is 5.04. The maximum Gasteiger partial charge on any atom is 0.407 e. The Morgan fingerprint density at radius 3 is 2.37 bits per heavy atom. The summed E-state index contributed by atoms with van der Waals surface area (Å²) in [4.78, 5) is 38.2. The van der Waals surface area contributed by atoms with Crippen molar-refractivity contribution in [2.45, 2.75) is 37.8 Å². The van der Waals surface area contributed by atoms with Gasteiger partial charge < -0.3 is 24.5 Å². The Labute approximate surface area is 202 Å². The third-order valence-electron chi connectivity index (χ3n) is 6.97. The van der Waals surface area contributed by atoms with Crippen molar-refractivity contribution in [1.29, 1.82) is 0 Å². The highest BCUT2D eigenvalue weighted by Crippen LogP contribution is 2.44. The molecule has 2 aromatic carbocycles. The van der Waals surface area contributed by atoms with Gasteiger partial charge in [-0.1, -0.05) is 48.5 Å². The molecule has 2 amide bonds. The molecule has 35 heavy (non-hydrogen) atoms. The number of fused-ring (bicyclic) bond motifs is 3. The monoisotopic (exact) mass is 474 g/mol. The molecule has 0 bridgehead atoms. The van der Waals surface area contributed by atoms with Crippen LogP contribution in [0.3, 0.4) is 0 Å². The number of rotatable bonds is 6. The van der Waals surface area contributed by atoms with E-state index in [1.807, 2.05) is 24.3 Å². The van der Waals surface area contributed by atoms with Gasteiger partial charge in [-0.05, 0) is 54.2 Å². The highest BCUT2D eigenvalue weighted by atomic mass is 16.5. The molecule has 180 valence electrons. The number of aliphatic carboxylic acids is 1. The zero-order valence-electron chi connectivity index (χ0n) is 19.3. The number of ether oxygens (including phenoxy) is 1. The van der Waals surface area contributed by atoms with E-state index in [0.717, 1.165) is 22.3 Å². The van der Waals surface area contributed by atoms with E-state index < -0.39 is 23.5 Å². The molecule has 1 saturated heterocycles. The molecule has 0 unspecified atom stereocenters. The predicted molar refractivity (Wildman–Crippen MR) is 127 cm³/mol. The number of alkyl carbamates (subject to hydrolysis) is 1. The van der Waals surface area contributed by atoms with Crippen LogP contribution in [0, 0.1) is 0 Å². The van der Waals surface area contributed by atoms with E-state index in [1.165, 1.54) is 11.0 Å². The van der Waals surface area contributed by atoms with E-state index >= 15 is 0 Å². The molecule has 1 aliphatic carbocycles. The Morgan fingerprint density at radius 1 is 1.06 bits per heavy atom. The summed E-state index contributed by atoms with van der Waals surface area (Å²) >= 11 is 0. The molecule has 2 N–H and O–H groups in total. The summed E-state index contributed by atoms with van der Waals surface area (Å²) in [7, 11) is 0. The molecule has 1 fully saturated rings. The first-order valence-corrected chi connectivity index (χ1v) is 11.6. The van der Waals surface area contributed by atoms with E-state index in [2.05, 4.69) is 29.6 Å². The average Bonchev–Trinajstić information content (AvgIpc) is 3.57. The smallest absolute Gasteiger partial charge is 0.407 e. The molecular formula is C27H26N2O6. The van der Waals surface area contributed by atoms with Crippen LogP contribution < -0.4 is 5.32 Å². The van der Waals surface area contributed by atoms with Crippen molar-refractivity contribution in [1.82, 2.24) is 10.2 Å². The van der Waals surface area contributed by atoms with Crippen LogP contribution in [0.25, 0.3) is 11.1 Å². The number of nitrogens with zero attached hydrogens (tertiary/aromatic N) is 1. The number of carboxylic acids is 1. The van der Waals surface area contributed by atoms with Gasteiger partial charge >= 0.3 is 12.1 Å². The largest absolute Gasteiger partial charge is 0.480 e. The minimum atomic E-state index is -1.25. The lowest BCUT2D eigenvalue weighted by molar-refractivity contribution is -0.147. The normalized spacial score (nSPS) is 18.7. The first-order chi connectivity index (χ1) is 16.9. The third kappa shape index (κ3) is 4.05. The summed E-state index contributed by atoms with van der Waals surface area (Å²) in [6.07, 6.45) is 0.422. The van der Waals surface area contributed by atoms with Crippen molar-refractivity contribution in [2.24, 2.45) is 0 Å². The molecule has 0 saturated carbocycles. The number of carbonyl (C=O) groups excluding carboxylic acids is 2. The second-order valence-corrected chi connectivity index (χ2v) is 9.08. The SMILES string of the molecule is C[C@]1(C(=O)O)CCCN1C(=O)c1ccc(CNC(=O)OCC2c3ccccc3-c3ccccc32)o1. The maximum atomic E-state index is 12.8. The number of carboxylic acid groups (broad SMARTS) is 1. The lowest BCUT2D eigenvalue weighted by Crippen LogP contribution is -2.50. The maximum absolute atomic E-state index is 12.8. The van der Waals surface area contributed by atoms with Crippen LogP contribution in [-0.2, 0) is 16.1 Å². The summed E-state index contributed by atoms with van der Waals surface area (Å²) in [6, 6.07) is 19.3. The van der Waals surface area contributed by atoms with Crippen LogP contribution in [0.1, 0.15) is 53.1 Å². The van der Waals surface area contributed by atoms with E-state index in [-0.39, 0.29) is 24.8 Å². The molecule has 1 atom stereocenters. The number of hydrogen-bond donors (Lipinski definition) is 2. The van der Waals surface area contributed by atoms with Gasteiger partial charge in [0.25, 0.3) is 5.91 Å². The summed E-state index contributed by atoms with van der Waals surface area (Å²) in [5.74, 6) is -1.13. The lowest BCUT2D eigenvalue weighted by atomic mass is 9.98. The van der Waals surface area contributed by atoms with E-state index in [0.29, 0.717) is 25.1 Å². The van der Waals surface area contributed by atoms with Gasteiger partial charge in [0, 0.05) is 12.5 Å². The Bertz CT molecular complexity index is 1250. The molecule has 0 radical (unpaired) electrons. The molecule has 2 heterocycles. The number of likely N-dealkylation sites (tertiary alicyclic amines) is 1. The highest BCUT2D eigenvalue weighted by molar-refractivity contribution is 5.96. The van der Waals surface area contributed by atoms with E-state index in [4.69, 9.17) is 9.15 Å². The van der Waals surface area contributed by atoms with Gasteiger partial charge in [-0.15, -0.1) is 0 Å². The summed E-state index contributed by atoms with van der Waals surface area (Å²) < 4.78 is 11.1. The van der Waals surface area contributed by atoms with E-state index in [9.17, 15) is 19.5 Å². The van der Waals surface area contributed by atoms with Gasteiger partial charge in [-0.25, -0.2) is 9.59 Å². The zero-order chi connectivity index (χ0) is 24.6. The van der Waals surface area contributed by atoms with Crippen LogP contribution in [0.2, 0.25) is 0 Å². The number of amides is 2. The average molecular weight is 475 g/mol. The molecule has 5 rings (SSSR count). The van der Waals surface area contributed by atoms with Gasteiger partial charge in [0.1, 0.15) is 17.9 Å². The van der Waals surface area contributed by atoms with Gasteiger partial charge in [-0.2, -0.15) is 0 Å². The van der Waals surface area contributed by atoms with Gasteiger partial charge in [0.05, 0.1) is 6.54 Å². The Hall–Kier alpha value is -4.07. The van der Waals surface area contributed by atoms with Crippen LogP contribution in [0.5, 0.6) is 0 Å². The van der Waals surface area contributed by atoms with Crippen molar-refractivity contribution in [3.8, 4) is 11.1 Å². The van der Waals surface area contributed by atoms with Crippen LogP contribution in [-0.4, -0.2) is 46.7 Å². The van der Waals surface area contributed by atoms with Crippen molar-refractivity contribution in [2.75, 3.05) is 13.2 Å². The number of benzene rings is 2. The fraction of sp³-hybridized carbons (Fsp3) is 0.296. The van der Waals surface area contributed by atoms with Crippen LogP contribution in [0.4, 0.5) is 4.79 Å². The quantitative estimate of drug-likeness (QED) is 0.548. The molecule has 1 aromatic heterocycles. The predicted octanol–water partition coefficient (Wildman–Crippen LogP) is 4.40. The molecule has 2 aliphatic rings. The second-order valence-electron chi connectivity index (χ2n) is 9.08. The van der Waals surface area contributed by atoms with Gasteiger partial charge in [0.15, 0.2) is 5.76 Å². The number of nitrogens with one attached hydrogen (secondary N) is 1. The standard InChI is InChI=1S/C27H26N2O6/c1-27(25(31)32)13-6-14-29(27)24(30)23-12-11-17(35-23)15-28-26(33)34-16-22-20-9-4-2-7-18(20)19-8-3-5-10-21(19)22/h2-5,7-12,22H,6,13-16H2,1H3,(H,28,33)(H,31,32)/t27-/m1/s1. The van der Waals surface area contributed by atoms with Gasteiger partial charge in [-0.3, -0.25) is 4.79 Å². The second kappa shape index (κ2) is 8.94. The van der Waals surface area contributed by atoms with Crippen LogP contribution in [0.15, 0.2) is 65.1 Å². The fourth-order valence-electron chi connectivity index (χ4n) is 5.04. The van der Waals surface area contributed by atoms with E-state index in [1.54, 1.807) is 13.0 Å². The lowest BCUT2D eigenvalue weighted by Gasteiger charge is -2.30. The highest BCUT2D eigenvalue weighted by Gasteiger charge is 2.46. The minimum Gasteiger partial charge on any atom is -0.480 e. The van der Waals surface area contributed by atoms with Crippen molar-refractivity contribution in [3.05, 3.63) is 83.3 Å². The molecule has 8 nitrogen and oxygen atoms in total. The first-order valence-electron chi connectivity index (χ1n) is 11.6. The van der Waals surface area contributed by atoms with Crippen molar-refractivity contribution in [3.63, 3.8) is 0 Å². The Balaban J connectivity index is 1.18. The molecule has 0 spiro atoms. The third-order valence-corrected chi connectivity index (χ3v) is 6.97. The van der Waals surface area contributed by atoms with Gasteiger partial charge in [0.2, 0.25) is 0 Å². The van der Waals surface area contributed by atoms with Crippen LogP contribution >= 0.6 is 0 Å². The van der Waals surface area contributed by atoms with Crippen molar-refractivity contribution < 1.29 is 28.6 Å². The van der Waals surface area contributed by atoms with Crippen molar-refractivity contribution >= 4 is 18.0 Å². The molecule has 8 heteroatoms. The molecule has 3 aromatic rings. The minimum absolute atomic E-state index is 0.0370. The summed E-state index contributed by atoms with van der Waals surface area (Å²) in [5.41, 5.74) is 3.32. The number of carbonyl (C=O) groups is 3. The summed E-state index contributed by atoms with van der Waals surface area (Å²) in [5, 5.41) is 12.2. The molecule has 1 aliphatic heterocycles. The first kappa shape index (κ1) is 22.7. The Morgan fingerprint density at radius 2 is 1.71 bits per heavy atom. The summed E-state index contributed by atoms with van der Waals surface area (Å²) in [6.45, 7) is 2.14. The number of hydrogen-bond acceptors (Lipinski definition) is 5. The molecular weight excluding hydrogens is 448 g/mol.